The zero-order valence-corrected chi connectivity index (χ0v) is 21.4. The molecule has 5 rings (SSSR count). The SMILES string of the molecule is CC1(C)[C@@H](N(O)C(=O)Nc2ccccc2)N(c2ccccc2)C(=O)N1CC(=O)N/N=C1\CCCc2nonc21. The van der Waals surface area contributed by atoms with Gasteiger partial charge in [-0.1, -0.05) is 41.6 Å². The van der Waals surface area contributed by atoms with Crippen LogP contribution in [0.5, 0.6) is 0 Å². The molecule has 0 bridgehead atoms. The zero-order valence-electron chi connectivity index (χ0n) is 21.4. The normalized spacial score (nSPS) is 19.1. The molecule has 1 fully saturated rings. The smallest absolute Gasteiger partial charge is 0.306 e. The molecule has 3 N–H and O–H groups in total. The molecule has 0 saturated carbocycles. The number of carbonyl (C=O) groups is 3. The van der Waals surface area contributed by atoms with Crippen molar-refractivity contribution >= 4 is 35.1 Å². The minimum atomic E-state index is -1.20. The number of amides is 5. The summed E-state index contributed by atoms with van der Waals surface area (Å²) in [6, 6.07) is 15.9. The summed E-state index contributed by atoms with van der Waals surface area (Å²) >= 11 is 0. The van der Waals surface area contributed by atoms with Gasteiger partial charge in [0.25, 0.3) is 5.91 Å². The van der Waals surface area contributed by atoms with Crippen molar-refractivity contribution in [3.8, 4) is 0 Å². The maximum absolute atomic E-state index is 13.7. The van der Waals surface area contributed by atoms with Gasteiger partial charge in [0.05, 0.1) is 11.3 Å². The van der Waals surface area contributed by atoms with E-state index in [4.69, 9.17) is 4.63 Å². The highest BCUT2D eigenvalue weighted by Crippen LogP contribution is 2.37. The second-order valence-corrected chi connectivity index (χ2v) is 9.75. The summed E-state index contributed by atoms with van der Waals surface area (Å²) in [6.45, 7) is 2.97. The number of nitrogens with zero attached hydrogens (tertiary/aromatic N) is 6. The summed E-state index contributed by atoms with van der Waals surface area (Å²) in [5.74, 6) is -0.556. The Hall–Kier alpha value is -4.78. The Bertz CT molecular complexity index is 1390. The first-order chi connectivity index (χ1) is 18.8. The number of hydrazone groups is 1. The number of hydrogen-bond acceptors (Lipinski definition) is 8. The molecule has 13 nitrogen and oxygen atoms in total. The average Bonchev–Trinajstić information content (AvgIpc) is 3.49. The van der Waals surface area contributed by atoms with E-state index < -0.39 is 29.7 Å². The first-order valence-corrected chi connectivity index (χ1v) is 12.4. The number of urea groups is 2. The molecule has 1 aromatic heterocycles. The summed E-state index contributed by atoms with van der Waals surface area (Å²) in [5, 5.41) is 26.1. The Kier molecular flexibility index (Phi) is 6.98. The zero-order chi connectivity index (χ0) is 27.6. The van der Waals surface area contributed by atoms with Crippen LogP contribution in [-0.2, 0) is 11.2 Å². The van der Waals surface area contributed by atoms with Crippen LogP contribution in [0.3, 0.4) is 0 Å². The highest BCUT2D eigenvalue weighted by atomic mass is 16.6. The van der Waals surface area contributed by atoms with E-state index in [0.717, 1.165) is 6.42 Å². The highest BCUT2D eigenvalue weighted by molar-refractivity contribution is 6.02. The third-order valence-electron chi connectivity index (χ3n) is 6.78. The molecule has 0 unspecified atom stereocenters. The first-order valence-electron chi connectivity index (χ1n) is 12.4. The quantitative estimate of drug-likeness (QED) is 0.325. The van der Waals surface area contributed by atoms with Crippen LogP contribution in [0.1, 0.15) is 38.1 Å². The van der Waals surface area contributed by atoms with Crippen LogP contribution in [0, 0.1) is 0 Å². The lowest BCUT2D eigenvalue weighted by Gasteiger charge is -2.38. The van der Waals surface area contributed by atoms with E-state index in [0.29, 0.717) is 46.4 Å². The number of hydroxylamine groups is 2. The summed E-state index contributed by atoms with van der Waals surface area (Å²) in [7, 11) is 0. The maximum Gasteiger partial charge on any atom is 0.347 e. The van der Waals surface area contributed by atoms with Crippen LogP contribution in [0.25, 0.3) is 0 Å². The number of carbonyl (C=O) groups excluding carboxylic acids is 3. The summed E-state index contributed by atoms with van der Waals surface area (Å²) in [4.78, 5) is 42.3. The van der Waals surface area contributed by atoms with Gasteiger partial charge in [0.1, 0.15) is 12.2 Å². The fourth-order valence-corrected chi connectivity index (χ4v) is 4.82. The number of aromatic nitrogens is 2. The number of benzene rings is 2. The van der Waals surface area contributed by atoms with Gasteiger partial charge >= 0.3 is 12.1 Å². The lowest BCUT2D eigenvalue weighted by Crippen LogP contribution is -2.58. The lowest BCUT2D eigenvalue weighted by molar-refractivity contribution is -0.124. The minimum Gasteiger partial charge on any atom is -0.306 e. The average molecular weight is 533 g/mol. The molecule has 0 spiro atoms. The van der Waals surface area contributed by atoms with Crippen molar-refractivity contribution in [3.05, 3.63) is 72.1 Å². The number of anilines is 2. The maximum atomic E-state index is 13.7. The van der Waals surface area contributed by atoms with Crippen LogP contribution in [0.15, 0.2) is 70.4 Å². The van der Waals surface area contributed by atoms with E-state index in [2.05, 4.69) is 26.2 Å². The number of nitrogens with one attached hydrogen (secondary N) is 2. The third kappa shape index (κ3) is 5.03. The molecule has 13 heteroatoms. The Morgan fingerprint density at radius 2 is 1.79 bits per heavy atom. The van der Waals surface area contributed by atoms with Gasteiger partial charge in [0.2, 0.25) is 0 Å². The van der Waals surface area contributed by atoms with Crippen LogP contribution in [0.2, 0.25) is 0 Å². The van der Waals surface area contributed by atoms with Crippen molar-refractivity contribution < 1.29 is 24.2 Å². The molecular weight excluding hydrogens is 504 g/mol. The summed E-state index contributed by atoms with van der Waals surface area (Å²) in [6.07, 6.45) is 0.931. The summed E-state index contributed by atoms with van der Waals surface area (Å²) < 4.78 is 4.79. The van der Waals surface area contributed by atoms with Gasteiger partial charge in [-0.25, -0.2) is 19.6 Å². The highest BCUT2D eigenvalue weighted by Gasteiger charge is 2.56. The Balaban J connectivity index is 1.38. The Morgan fingerprint density at radius 3 is 2.51 bits per heavy atom. The van der Waals surface area contributed by atoms with Crippen LogP contribution < -0.4 is 15.6 Å². The first kappa shape index (κ1) is 25.9. The fourth-order valence-electron chi connectivity index (χ4n) is 4.82. The monoisotopic (exact) mass is 532 g/mol. The summed E-state index contributed by atoms with van der Waals surface area (Å²) in [5.41, 5.74) is 3.95. The van der Waals surface area contributed by atoms with Crippen LogP contribution in [-0.4, -0.2) is 67.4 Å². The van der Waals surface area contributed by atoms with Crippen LogP contribution in [0.4, 0.5) is 21.0 Å². The molecule has 1 aliphatic carbocycles. The van der Waals surface area contributed by atoms with Crippen LogP contribution >= 0.6 is 0 Å². The molecule has 39 heavy (non-hydrogen) atoms. The lowest BCUT2D eigenvalue weighted by atomic mass is 9.99. The van der Waals surface area contributed by atoms with Crippen molar-refractivity contribution in [3.63, 3.8) is 0 Å². The molecule has 1 atom stereocenters. The van der Waals surface area contributed by atoms with Crippen molar-refractivity contribution in [2.75, 3.05) is 16.8 Å². The van der Waals surface area contributed by atoms with Gasteiger partial charge in [-0.15, -0.1) is 0 Å². The molecule has 1 saturated heterocycles. The van der Waals surface area contributed by atoms with Gasteiger partial charge in [-0.05, 0) is 62.5 Å². The Morgan fingerprint density at radius 1 is 1.10 bits per heavy atom. The van der Waals surface area contributed by atoms with Crippen molar-refractivity contribution in [2.45, 2.75) is 44.8 Å². The van der Waals surface area contributed by atoms with E-state index in [9.17, 15) is 19.6 Å². The number of hydrogen-bond donors (Lipinski definition) is 3. The van der Waals surface area contributed by atoms with E-state index >= 15 is 0 Å². The van der Waals surface area contributed by atoms with Crippen molar-refractivity contribution in [1.29, 1.82) is 0 Å². The van der Waals surface area contributed by atoms with E-state index in [-0.39, 0.29) is 6.54 Å². The molecule has 5 amide bonds. The van der Waals surface area contributed by atoms with E-state index in [1.54, 1.807) is 74.5 Å². The van der Waals surface area contributed by atoms with Gasteiger partial charge in [0.15, 0.2) is 11.9 Å². The number of rotatable bonds is 6. The number of aryl methyl sites for hydroxylation is 1. The number of fused-ring (bicyclic) bond motifs is 1. The van der Waals surface area contributed by atoms with Crippen molar-refractivity contribution in [1.82, 2.24) is 25.7 Å². The molecule has 2 aromatic carbocycles. The molecule has 1 aliphatic heterocycles. The van der Waals surface area contributed by atoms with E-state index in [1.807, 2.05) is 0 Å². The second-order valence-electron chi connectivity index (χ2n) is 9.75. The number of para-hydroxylation sites is 2. The van der Waals surface area contributed by atoms with E-state index in [1.165, 1.54) is 9.80 Å². The topological polar surface area (TPSA) is 156 Å². The fraction of sp³-hybridized carbons (Fsp3) is 0.308. The van der Waals surface area contributed by atoms with Gasteiger partial charge in [-0.3, -0.25) is 14.9 Å². The molecule has 2 heterocycles. The third-order valence-corrected chi connectivity index (χ3v) is 6.78. The minimum absolute atomic E-state index is 0.374. The molecular formula is C26H28N8O5. The Labute approximate surface area is 224 Å². The molecule has 2 aliphatic rings. The predicted octanol–water partition coefficient (Wildman–Crippen LogP) is 3.20. The largest absolute Gasteiger partial charge is 0.347 e. The predicted molar refractivity (Wildman–Crippen MR) is 140 cm³/mol. The standard InChI is InChI=1S/C26H28N8O5/c1-26(2)23(34(38)24(36)27-17-10-5-3-6-11-17)33(18-12-7-4-8-13-18)25(37)32(26)16-21(35)29-28-19-14-9-15-20-22(19)31-39-30-20/h3-8,10-13,23,38H,9,14-16H2,1-2H3,(H,27,36)(H,29,35)/b28-19+/t23-/m1/s1. The van der Waals surface area contributed by atoms with Crippen molar-refractivity contribution in [2.24, 2.45) is 5.10 Å². The van der Waals surface area contributed by atoms with Gasteiger partial charge < -0.3 is 10.2 Å². The van der Waals surface area contributed by atoms with Gasteiger partial charge in [-0.2, -0.15) is 10.2 Å². The molecule has 0 radical (unpaired) electrons. The van der Waals surface area contributed by atoms with Gasteiger partial charge in [0, 0.05) is 11.4 Å². The molecule has 3 aromatic rings. The second kappa shape index (κ2) is 10.5. The molecule has 202 valence electrons.